The maximum atomic E-state index is 13.4. The van der Waals surface area contributed by atoms with Gasteiger partial charge in [0.15, 0.2) is 21.6 Å². The van der Waals surface area contributed by atoms with Crippen molar-refractivity contribution in [2.24, 2.45) is 0 Å². The molecule has 0 aromatic heterocycles. The summed E-state index contributed by atoms with van der Waals surface area (Å²) in [6.07, 6.45) is 14.4. The van der Waals surface area contributed by atoms with Crippen LogP contribution in [0, 0.1) is 0 Å². The zero-order valence-corrected chi connectivity index (χ0v) is 32.7. The van der Waals surface area contributed by atoms with Gasteiger partial charge in [-0.05, 0) is 70.1 Å². The van der Waals surface area contributed by atoms with E-state index in [0.717, 1.165) is 73.6 Å². The summed E-state index contributed by atoms with van der Waals surface area (Å²) in [5, 5.41) is -2.57. The summed E-state index contributed by atoms with van der Waals surface area (Å²) in [6.45, 7) is 12.0. The minimum Gasteiger partial charge on any atom is -0.744 e. The number of ether oxygens (including phenoxy) is 4. The van der Waals surface area contributed by atoms with Gasteiger partial charge in [-0.3, -0.25) is 0 Å². The van der Waals surface area contributed by atoms with Crippen LogP contribution in [0.25, 0.3) is 11.1 Å². The van der Waals surface area contributed by atoms with E-state index in [-0.39, 0.29) is 60.7 Å². The molecule has 0 radical (unpaired) electrons. The van der Waals surface area contributed by atoms with E-state index in [1.165, 1.54) is 25.7 Å². The molecule has 0 heterocycles. The minimum absolute atomic E-state index is 0. The van der Waals surface area contributed by atoms with Gasteiger partial charge in [0, 0.05) is 18.8 Å². The number of benzene rings is 2. The van der Waals surface area contributed by atoms with Crippen LogP contribution in [0.15, 0.2) is 30.3 Å². The number of hydrogen-bond acceptors (Lipinski definition) is 7. The van der Waals surface area contributed by atoms with Crippen molar-refractivity contribution in [3.63, 3.8) is 0 Å². The fraction of sp³-hybridized carbons (Fsp3) is 0.676. The molecule has 0 aliphatic rings. The van der Waals surface area contributed by atoms with Gasteiger partial charge in [-0.15, -0.1) is 0 Å². The quantitative estimate of drug-likeness (QED) is 0.0503. The van der Waals surface area contributed by atoms with E-state index in [9.17, 15) is 13.0 Å². The van der Waals surface area contributed by atoms with Crippen molar-refractivity contribution in [3.05, 3.63) is 47.0 Å². The Bertz CT molecular complexity index is 1210. The molecule has 0 saturated carbocycles. The van der Waals surface area contributed by atoms with Crippen molar-refractivity contribution >= 4 is 10.1 Å². The zero-order chi connectivity index (χ0) is 33.1. The molecule has 0 fully saturated rings. The summed E-state index contributed by atoms with van der Waals surface area (Å²) in [6, 6.07) is 10.1. The third-order valence-corrected chi connectivity index (χ3v) is 9.23. The average molecular weight is 671 g/mol. The standard InChI is InChI=1S/C37H60O7S.Na/c1-7-13-15-17-19-24-28-31-32(29-25-20-18-16-14-8-2)34(37(43-11-5,44-12-6)45(38,39)40)36(42-10-4)35(41-9-3)33(31)30-26-22-21-23-27-30;/h21-23,26-27H,7-20,24-25,28-29H2,1-6H3,(H,38,39,40);/q;+1/p-1. The first kappa shape index (κ1) is 42.9. The van der Waals surface area contributed by atoms with E-state index >= 15 is 0 Å². The first-order valence-corrected chi connectivity index (χ1v) is 18.9. The van der Waals surface area contributed by atoms with Gasteiger partial charge in [-0.2, -0.15) is 0 Å². The smallest absolute Gasteiger partial charge is 0.744 e. The molecule has 0 unspecified atom stereocenters. The third-order valence-electron chi connectivity index (χ3n) is 8.13. The summed E-state index contributed by atoms with van der Waals surface area (Å²) >= 11 is 0. The van der Waals surface area contributed by atoms with Gasteiger partial charge in [-0.25, -0.2) is 8.42 Å². The monoisotopic (exact) mass is 670 g/mol. The van der Waals surface area contributed by atoms with Crippen molar-refractivity contribution in [3.8, 4) is 22.6 Å². The van der Waals surface area contributed by atoms with Gasteiger partial charge >= 0.3 is 29.6 Å². The third kappa shape index (κ3) is 11.8. The Balaban J connectivity index is 0.0000106. The Morgan fingerprint density at radius 1 is 0.609 bits per heavy atom. The van der Waals surface area contributed by atoms with Crippen molar-refractivity contribution in [2.75, 3.05) is 26.4 Å². The normalized spacial score (nSPS) is 11.8. The number of unbranched alkanes of at least 4 members (excludes halogenated alkanes) is 10. The number of hydrogen-bond donors (Lipinski definition) is 0. The molecule has 0 amide bonds. The molecule has 9 heteroatoms. The van der Waals surface area contributed by atoms with Crippen LogP contribution < -0.4 is 39.0 Å². The Kier molecular flexibility index (Phi) is 21.7. The molecule has 0 aliphatic heterocycles. The van der Waals surface area contributed by atoms with E-state index in [2.05, 4.69) is 26.0 Å². The fourth-order valence-electron chi connectivity index (χ4n) is 6.15. The molecule has 46 heavy (non-hydrogen) atoms. The molecule has 2 aromatic rings. The second-order valence-corrected chi connectivity index (χ2v) is 13.0. The van der Waals surface area contributed by atoms with E-state index in [1.807, 2.05) is 32.0 Å². The Hall–Kier alpha value is -1.13. The van der Waals surface area contributed by atoms with Crippen molar-refractivity contribution in [1.82, 2.24) is 0 Å². The second kappa shape index (κ2) is 23.3. The molecule has 0 N–H and O–H groups in total. The molecule has 0 spiro atoms. The van der Waals surface area contributed by atoms with Crippen LogP contribution in [-0.4, -0.2) is 39.4 Å². The number of rotatable bonds is 25. The molecule has 7 nitrogen and oxygen atoms in total. The first-order chi connectivity index (χ1) is 21.8. The van der Waals surface area contributed by atoms with Crippen LogP contribution >= 0.6 is 0 Å². The Morgan fingerprint density at radius 3 is 1.52 bits per heavy atom. The summed E-state index contributed by atoms with van der Waals surface area (Å²) in [5.74, 6) is 0.646. The predicted octanol–water partition coefficient (Wildman–Crippen LogP) is 6.69. The maximum Gasteiger partial charge on any atom is 1.00 e. The summed E-state index contributed by atoms with van der Waals surface area (Å²) in [7, 11) is -5.20. The van der Waals surface area contributed by atoms with Crippen molar-refractivity contribution < 1.29 is 61.5 Å². The van der Waals surface area contributed by atoms with Crippen LogP contribution in [0.3, 0.4) is 0 Å². The molecular formula is C37H59NaO7S. The Labute approximate surface area is 302 Å². The molecule has 2 rings (SSSR count). The van der Waals surface area contributed by atoms with E-state index in [4.69, 9.17) is 18.9 Å². The molecule has 0 bridgehead atoms. The molecular weight excluding hydrogens is 611 g/mol. The first-order valence-electron chi connectivity index (χ1n) is 17.5. The zero-order valence-electron chi connectivity index (χ0n) is 29.9. The minimum atomic E-state index is -5.20. The van der Waals surface area contributed by atoms with Gasteiger partial charge in [-0.1, -0.05) is 108 Å². The summed E-state index contributed by atoms with van der Waals surface area (Å²) in [5.41, 5.74) is 3.76. The topological polar surface area (TPSA) is 94.1 Å². The van der Waals surface area contributed by atoms with Gasteiger partial charge in [0.25, 0.3) is 5.12 Å². The molecule has 0 saturated heterocycles. The van der Waals surface area contributed by atoms with E-state index < -0.39 is 15.2 Å². The van der Waals surface area contributed by atoms with Gasteiger partial charge in [0.2, 0.25) is 0 Å². The van der Waals surface area contributed by atoms with Crippen LogP contribution in [0.1, 0.15) is 135 Å². The van der Waals surface area contributed by atoms with Crippen molar-refractivity contribution in [2.45, 2.75) is 137 Å². The largest absolute Gasteiger partial charge is 1.00 e. The molecule has 0 atom stereocenters. The van der Waals surface area contributed by atoms with Crippen LogP contribution in [0.2, 0.25) is 0 Å². The van der Waals surface area contributed by atoms with Crippen molar-refractivity contribution in [1.29, 1.82) is 0 Å². The van der Waals surface area contributed by atoms with E-state index in [0.29, 0.717) is 25.2 Å². The van der Waals surface area contributed by atoms with Crippen LogP contribution in [-0.2, 0) is 37.6 Å². The second-order valence-electron chi connectivity index (χ2n) is 11.5. The molecule has 2 aromatic carbocycles. The SMILES string of the molecule is CCCCCCCCc1c(CCCCCCCC)c(C(OCC)(OCC)S(=O)(=O)[O-])c(OCC)c(OCC)c1-c1ccccc1.[Na+]. The van der Waals surface area contributed by atoms with Gasteiger partial charge in [0.05, 0.1) is 18.8 Å². The average Bonchev–Trinajstić information content (AvgIpc) is 3.02. The van der Waals surface area contributed by atoms with Crippen LogP contribution in [0.5, 0.6) is 11.5 Å². The van der Waals surface area contributed by atoms with E-state index in [1.54, 1.807) is 13.8 Å². The fourth-order valence-corrected chi connectivity index (χ4v) is 7.14. The molecule has 0 aliphatic carbocycles. The van der Waals surface area contributed by atoms with Crippen LogP contribution in [0.4, 0.5) is 0 Å². The summed E-state index contributed by atoms with van der Waals surface area (Å²) in [4.78, 5) is 0. The van der Waals surface area contributed by atoms with Gasteiger partial charge in [0.1, 0.15) is 0 Å². The predicted molar refractivity (Wildman–Crippen MR) is 183 cm³/mol. The summed E-state index contributed by atoms with van der Waals surface area (Å²) < 4.78 is 64.7. The Morgan fingerprint density at radius 2 is 1.07 bits per heavy atom. The maximum absolute atomic E-state index is 13.4. The van der Waals surface area contributed by atoms with Gasteiger partial charge < -0.3 is 23.5 Å². The molecule has 256 valence electrons.